The smallest absolute Gasteiger partial charge is 0.0710 e. The highest BCUT2D eigenvalue weighted by Gasteiger charge is 2.42. The molecule has 0 amide bonds. The molecular formula is C18H34N2O. The van der Waals surface area contributed by atoms with Gasteiger partial charge in [0.05, 0.1) is 11.7 Å². The molecule has 1 aliphatic carbocycles. The first-order chi connectivity index (χ1) is 10.1. The summed E-state index contributed by atoms with van der Waals surface area (Å²) >= 11 is 0. The highest BCUT2D eigenvalue weighted by Crippen LogP contribution is 2.42. The van der Waals surface area contributed by atoms with Crippen molar-refractivity contribution in [2.45, 2.75) is 83.0 Å². The Labute approximate surface area is 130 Å². The molecule has 1 saturated carbocycles. The SMILES string of the molecule is CC1CC(C)C(CN)N(CC2CCC3(CCCCC3)O2)C1. The van der Waals surface area contributed by atoms with Crippen LogP contribution in [0.25, 0.3) is 0 Å². The van der Waals surface area contributed by atoms with Crippen molar-refractivity contribution in [3.8, 4) is 0 Å². The Balaban J connectivity index is 1.58. The molecule has 2 N–H and O–H groups in total. The molecule has 4 unspecified atom stereocenters. The van der Waals surface area contributed by atoms with Crippen LogP contribution < -0.4 is 5.73 Å². The van der Waals surface area contributed by atoms with Gasteiger partial charge in [-0.05, 0) is 43.9 Å². The first kappa shape index (κ1) is 15.8. The van der Waals surface area contributed by atoms with Gasteiger partial charge in [0, 0.05) is 25.7 Å². The second kappa shape index (κ2) is 6.55. The highest BCUT2D eigenvalue weighted by molar-refractivity contribution is 4.94. The van der Waals surface area contributed by atoms with Gasteiger partial charge in [-0.25, -0.2) is 0 Å². The Bertz CT molecular complexity index is 340. The molecule has 122 valence electrons. The Morgan fingerprint density at radius 1 is 1.14 bits per heavy atom. The van der Waals surface area contributed by atoms with E-state index in [0.717, 1.165) is 24.9 Å². The van der Waals surface area contributed by atoms with Crippen LogP contribution in [0.15, 0.2) is 0 Å². The van der Waals surface area contributed by atoms with Crippen molar-refractivity contribution < 1.29 is 4.74 Å². The van der Waals surface area contributed by atoms with Crippen LogP contribution in [0.1, 0.15) is 65.2 Å². The van der Waals surface area contributed by atoms with Gasteiger partial charge in [0.1, 0.15) is 0 Å². The third kappa shape index (κ3) is 3.46. The molecule has 2 heterocycles. The molecule has 3 fully saturated rings. The van der Waals surface area contributed by atoms with Gasteiger partial charge in [-0.3, -0.25) is 4.90 Å². The lowest BCUT2D eigenvalue weighted by Crippen LogP contribution is -2.53. The molecule has 3 nitrogen and oxygen atoms in total. The lowest BCUT2D eigenvalue weighted by molar-refractivity contribution is -0.0808. The molecule has 3 rings (SSSR count). The monoisotopic (exact) mass is 294 g/mol. The first-order valence-electron chi connectivity index (χ1n) is 9.24. The van der Waals surface area contributed by atoms with Crippen molar-refractivity contribution in [2.75, 3.05) is 19.6 Å². The van der Waals surface area contributed by atoms with E-state index in [0.29, 0.717) is 12.1 Å². The zero-order valence-electron chi connectivity index (χ0n) is 14.0. The van der Waals surface area contributed by atoms with E-state index in [4.69, 9.17) is 10.5 Å². The minimum atomic E-state index is 0.258. The van der Waals surface area contributed by atoms with Crippen LogP contribution in [0.4, 0.5) is 0 Å². The summed E-state index contributed by atoms with van der Waals surface area (Å²) in [6.45, 7) is 7.87. The average Bonchev–Trinajstić information content (AvgIpc) is 2.82. The van der Waals surface area contributed by atoms with Gasteiger partial charge in [-0.2, -0.15) is 0 Å². The molecule has 0 aromatic carbocycles. The van der Waals surface area contributed by atoms with E-state index in [1.807, 2.05) is 0 Å². The van der Waals surface area contributed by atoms with Crippen molar-refractivity contribution >= 4 is 0 Å². The lowest BCUT2D eigenvalue weighted by atomic mass is 9.83. The zero-order chi connectivity index (χ0) is 14.9. The van der Waals surface area contributed by atoms with Crippen LogP contribution in [0.3, 0.4) is 0 Å². The number of hydrogen-bond acceptors (Lipinski definition) is 3. The van der Waals surface area contributed by atoms with Crippen LogP contribution in [0, 0.1) is 11.8 Å². The third-order valence-electron chi connectivity index (χ3n) is 6.23. The third-order valence-corrected chi connectivity index (χ3v) is 6.23. The van der Waals surface area contributed by atoms with Gasteiger partial charge < -0.3 is 10.5 Å². The van der Waals surface area contributed by atoms with E-state index in [1.54, 1.807) is 0 Å². The second-order valence-corrected chi connectivity index (χ2v) is 8.10. The topological polar surface area (TPSA) is 38.5 Å². The summed E-state index contributed by atoms with van der Waals surface area (Å²) in [7, 11) is 0. The standard InChI is InChI=1S/C18H34N2O/c1-14-10-15(2)17(11-19)20(12-14)13-16-6-9-18(21-16)7-4-3-5-8-18/h14-17H,3-13,19H2,1-2H3. The maximum absolute atomic E-state index is 6.57. The van der Waals surface area contributed by atoms with E-state index < -0.39 is 0 Å². The molecule has 3 aliphatic rings. The molecule has 0 aromatic heterocycles. The van der Waals surface area contributed by atoms with Gasteiger partial charge in [0.2, 0.25) is 0 Å². The summed E-state index contributed by atoms with van der Waals surface area (Å²) in [4.78, 5) is 2.64. The summed E-state index contributed by atoms with van der Waals surface area (Å²) in [5.74, 6) is 1.52. The van der Waals surface area contributed by atoms with Crippen molar-refractivity contribution in [1.29, 1.82) is 0 Å². The minimum Gasteiger partial charge on any atom is -0.370 e. The largest absolute Gasteiger partial charge is 0.370 e. The van der Waals surface area contributed by atoms with Gasteiger partial charge >= 0.3 is 0 Å². The molecule has 0 radical (unpaired) electrons. The maximum atomic E-state index is 6.57. The fourth-order valence-electron chi connectivity index (χ4n) is 5.20. The number of ether oxygens (including phenoxy) is 1. The van der Waals surface area contributed by atoms with Gasteiger partial charge in [-0.15, -0.1) is 0 Å². The molecule has 2 aliphatic heterocycles. The van der Waals surface area contributed by atoms with Crippen molar-refractivity contribution in [3.63, 3.8) is 0 Å². The molecule has 2 saturated heterocycles. The predicted octanol–water partition coefficient (Wildman–Crippen LogP) is 3.17. The minimum absolute atomic E-state index is 0.258. The summed E-state index contributed by atoms with van der Waals surface area (Å²) in [5, 5.41) is 0. The normalized spacial score (nSPS) is 40.7. The van der Waals surface area contributed by atoms with Crippen LogP contribution in [0.5, 0.6) is 0 Å². The average molecular weight is 294 g/mol. The maximum Gasteiger partial charge on any atom is 0.0710 e. The number of nitrogens with zero attached hydrogens (tertiary/aromatic N) is 1. The summed E-state index contributed by atoms with van der Waals surface area (Å²) in [6.07, 6.45) is 11.1. The Kier molecular flexibility index (Phi) is 4.92. The molecule has 4 atom stereocenters. The van der Waals surface area contributed by atoms with E-state index in [9.17, 15) is 0 Å². The van der Waals surface area contributed by atoms with Crippen LogP contribution >= 0.6 is 0 Å². The Morgan fingerprint density at radius 3 is 2.62 bits per heavy atom. The van der Waals surface area contributed by atoms with Crippen molar-refractivity contribution in [1.82, 2.24) is 4.90 Å². The Morgan fingerprint density at radius 2 is 1.90 bits per heavy atom. The molecular weight excluding hydrogens is 260 g/mol. The molecule has 21 heavy (non-hydrogen) atoms. The summed E-state index contributed by atoms with van der Waals surface area (Å²) < 4.78 is 6.57. The van der Waals surface area contributed by atoms with Gasteiger partial charge in [0.25, 0.3) is 0 Å². The van der Waals surface area contributed by atoms with Crippen molar-refractivity contribution in [2.24, 2.45) is 17.6 Å². The fraction of sp³-hybridized carbons (Fsp3) is 1.00. The molecule has 0 aromatic rings. The van der Waals surface area contributed by atoms with Crippen LogP contribution in [-0.4, -0.2) is 42.3 Å². The number of nitrogens with two attached hydrogens (primary N) is 1. The fourth-order valence-corrected chi connectivity index (χ4v) is 5.20. The number of hydrogen-bond donors (Lipinski definition) is 1. The van der Waals surface area contributed by atoms with E-state index >= 15 is 0 Å². The quantitative estimate of drug-likeness (QED) is 0.869. The zero-order valence-corrected chi connectivity index (χ0v) is 14.0. The lowest BCUT2D eigenvalue weighted by Gasteiger charge is -2.43. The van der Waals surface area contributed by atoms with E-state index in [2.05, 4.69) is 18.7 Å². The van der Waals surface area contributed by atoms with Crippen LogP contribution in [-0.2, 0) is 4.74 Å². The van der Waals surface area contributed by atoms with Crippen LogP contribution in [0.2, 0.25) is 0 Å². The number of piperidine rings is 1. The van der Waals surface area contributed by atoms with Crippen molar-refractivity contribution in [3.05, 3.63) is 0 Å². The predicted molar refractivity (Wildman–Crippen MR) is 87.3 cm³/mol. The molecule has 1 spiro atoms. The molecule has 0 bridgehead atoms. The highest BCUT2D eigenvalue weighted by atomic mass is 16.5. The van der Waals surface area contributed by atoms with E-state index in [-0.39, 0.29) is 5.60 Å². The number of rotatable bonds is 3. The second-order valence-electron chi connectivity index (χ2n) is 8.10. The Hall–Kier alpha value is -0.120. The summed E-state index contributed by atoms with van der Waals surface area (Å²) in [5.41, 5.74) is 6.32. The molecule has 3 heteroatoms. The van der Waals surface area contributed by atoms with E-state index in [1.165, 1.54) is 57.9 Å². The number of likely N-dealkylation sites (tertiary alicyclic amines) is 1. The van der Waals surface area contributed by atoms with Gasteiger partial charge in [0.15, 0.2) is 0 Å². The first-order valence-corrected chi connectivity index (χ1v) is 9.24. The van der Waals surface area contributed by atoms with Gasteiger partial charge in [-0.1, -0.05) is 33.1 Å². The summed E-state index contributed by atoms with van der Waals surface area (Å²) in [6, 6.07) is 0.563.